The molecule has 0 aliphatic carbocycles. The maximum absolute atomic E-state index is 7.05. The van der Waals surface area contributed by atoms with Gasteiger partial charge in [-0.25, -0.2) is 0 Å². The van der Waals surface area contributed by atoms with Gasteiger partial charge in [-0.2, -0.15) is 0 Å². The minimum atomic E-state index is 0.189. The van der Waals surface area contributed by atoms with Crippen molar-refractivity contribution in [3.8, 4) is 0 Å². The highest BCUT2D eigenvalue weighted by Crippen LogP contribution is 2.04. The molecule has 0 bridgehead atoms. The van der Waals surface area contributed by atoms with Gasteiger partial charge in [-0.3, -0.25) is 5.41 Å². The minimum Gasteiger partial charge on any atom is -0.370 e. The van der Waals surface area contributed by atoms with Crippen LogP contribution in [0.25, 0.3) is 0 Å². The largest absolute Gasteiger partial charge is 0.370 e. The first kappa shape index (κ1) is 11.2. The third-order valence-electron chi connectivity index (χ3n) is 1.72. The molecular weight excluding hydrogens is 152 g/mol. The Bertz CT molecular complexity index is 129. The van der Waals surface area contributed by atoms with Crippen LogP contribution >= 0.6 is 0 Å². The van der Waals surface area contributed by atoms with Crippen molar-refractivity contribution in [3.05, 3.63) is 0 Å². The Morgan fingerprint density at radius 1 is 1.58 bits per heavy atom. The van der Waals surface area contributed by atoms with Crippen LogP contribution in [-0.2, 0) is 0 Å². The molecule has 1 fully saturated rings. The second kappa shape index (κ2) is 5.83. The van der Waals surface area contributed by atoms with Gasteiger partial charge in [0.05, 0.1) is 0 Å². The van der Waals surface area contributed by atoms with E-state index < -0.39 is 0 Å². The maximum atomic E-state index is 7.05. The molecule has 1 saturated heterocycles. The summed E-state index contributed by atoms with van der Waals surface area (Å²) in [5, 5.41) is 10.3. The van der Waals surface area contributed by atoms with Crippen molar-refractivity contribution in [1.82, 2.24) is 10.2 Å². The number of likely N-dealkylation sites (N-methyl/N-ethyl adjacent to an activating group) is 1. The average molecular weight is 172 g/mol. The van der Waals surface area contributed by atoms with Crippen molar-refractivity contribution in [2.45, 2.75) is 26.8 Å². The van der Waals surface area contributed by atoms with Gasteiger partial charge < -0.3 is 16.0 Å². The zero-order valence-electron chi connectivity index (χ0n) is 8.22. The van der Waals surface area contributed by atoms with Crippen LogP contribution in [0, 0.1) is 5.41 Å². The third kappa shape index (κ3) is 3.09. The quantitative estimate of drug-likeness (QED) is 0.412. The number of nitrogens with one attached hydrogen (secondary N) is 2. The lowest BCUT2D eigenvalue weighted by Gasteiger charge is -2.39. The fourth-order valence-electron chi connectivity index (χ4n) is 1.09. The highest BCUT2D eigenvalue weighted by atomic mass is 15.3. The fourth-order valence-corrected chi connectivity index (χ4v) is 1.09. The summed E-state index contributed by atoms with van der Waals surface area (Å²) in [4.78, 5) is 1.84. The number of nitrogens with zero attached hydrogens (tertiary/aromatic N) is 1. The summed E-state index contributed by atoms with van der Waals surface area (Å²) in [6.45, 7) is 8.86. The lowest BCUT2D eigenvalue weighted by Crippen LogP contribution is -2.61. The summed E-state index contributed by atoms with van der Waals surface area (Å²) < 4.78 is 0. The molecule has 0 spiro atoms. The van der Waals surface area contributed by atoms with Crippen LogP contribution in [0.15, 0.2) is 0 Å². The summed E-state index contributed by atoms with van der Waals surface area (Å²) in [7, 11) is 0. The maximum Gasteiger partial charge on any atom is 0.188 e. The Hall–Kier alpha value is -0.770. The van der Waals surface area contributed by atoms with Gasteiger partial charge in [-0.05, 0) is 6.54 Å². The molecule has 4 heteroatoms. The van der Waals surface area contributed by atoms with Gasteiger partial charge in [0.25, 0.3) is 0 Å². The second-order valence-electron chi connectivity index (χ2n) is 2.54. The first-order valence-corrected chi connectivity index (χ1v) is 4.56. The molecule has 4 nitrogen and oxygen atoms in total. The van der Waals surface area contributed by atoms with Gasteiger partial charge in [0.15, 0.2) is 5.96 Å². The number of hydrogen-bond donors (Lipinski definition) is 3. The average Bonchev–Trinajstić information content (AvgIpc) is 1.99. The molecule has 1 rings (SSSR count). The molecule has 0 unspecified atom stereocenters. The van der Waals surface area contributed by atoms with Crippen LogP contribution in [0.3, 0.4) is 0 Å². The van der Waals surface area contributed by atoms with Crippen molar-refractivity contribution >= 4 is 5.96 Å². The van der Waals surface area contributed by atoms with Gasteiger partial charge >= 0.3 is 0 Å². The molecule has 0 radical (unpaired) electrons. The number of hydrogen-bond acceptors (Lipinski definition) is 2. The Morgan fingerprint density at radius 2 is 2.08 bits per heavy atom. The molecular formula is C8H20N4. The Kier molecular flexibility index (Phi) is 5.45. The van der Waals surface area contributed by atoms with E-state index in [2.05, 4.69) is 12.2 Å². The van der Waals surface area contributed by atoms with Crippen LogP contribution in [-0.4, -0.2) is 36.5 Å². The Balaban J connectivity index is 0.000000561. The van der Waals surface area contributed by atoms with E-state index in [4.69, 9.17) is 11.1 Å². The topological polar surface area (TPSA) is 65.1 Å². The molecule has 72 valence electrons. The molecule has 0 atom stereocenters. The van der Waals surface area contributed by atoms with Crippen molar-refractivity contribution in [2.75, 3.05) is 19.6 Å². The SMILES string of the molecule is CC.CCNC1CN(C(=N)N)C1. The molecule has 1 heterocycles. The number of rotatable bonds is 2. The van der Waals surface area contributed by atoms with Crippen molar-refractivity contribution in [3.63, 3.8) is 0 Å². The van der Waals surface area contributed by atoms with E-state index in [1.807, 2.05) is 18.7 Å². The molecule has 12 heavy (non-hydrogen) atoms. The van der Waals surface area contributed by atoms with Crippen LogP contribution in [0.2, 0.25) is 0 Å². The normalized spacial score (nSPS) is 16.1. The Labute approximate surface area is 74.6 Å². The lowest BCUT2D eigenvalue weighted by atomic mass is 10.1. The van der Waals surface area contributed by atoms with E-state index in [1.165, 1.54) is 0 Å². The number of nitrogens with two attached hydrogens (primary N) is 1. The summed E-state index contributed by atoms with van der Waals surface area (Å²) in [6.07, 6.45) is 0. The summed E-state index contributed by atoms with van der Waals surface area (Å²) >= 11 is 0. The van der Waals surface area contributed by atoms with E-state index in [9.17, 15) is 0 Å². The molecule has 0 saturated carbocycles. The van der Waals surface area contributed by atoms with Gasteiger partial charge in [0.1, 0.15) is 0 Å². The predicted octanol–water partition coefficient (Wildman–Crippen LogP) is 0.200. The van der Waals surface area contributed by atoms with Crippen molar-refractivity contribution in [2.24, 2.45) is 5.73 Å². The fraction of sp³-hybridized carbons (Fsp3) is 0.875. The predicted molar refractivity (Wildman–Crippen MR) is 52.3 cm³/mol. The highest BCUT2D eigenvalue weighted by molar-refractivity contribution is 5.75. The molecule has 0 aromatic carbocycles. The molecule has 0 aromatic rings. The first-order chi connectivity index (χ1) is 5.74. The van der Waals surface area contributed by atoms with E-state index >= 15 is 0 Å². The van der Waals surface area contributed by atoms with Crippen molar-refractivity contribution < 1.29 is 0 Å². The van der Waals surface area contributed by atoms with Crippen LogP contribution in [0.4, 0.5) is 0 Å². The van der Waals surface area contributed by atoms with Gasteiger partial charge in [-0.15, -0.1) is 0 Å². The number of likely N-dealkylation sites (tertiary alicyclic amines) is 1. The van der Waals surface area contributed by atoms with Gasteiger partial charge in [0.2, 0.25) is 0 Å². The summed E-state index contributed by atoms with van der Waals surface area (Å²) in [5.74, 6) is 0.189. The monoisotopic (exact) mass is 172 g/mol. The zero-order chi connectivity index (χ0) is 9.56. The smallest absolute Gasteiger partial charge is 0.188 e. The first-order valence-electron chi connectivity index (χ1n) is 4.56. The molecule has 0 aromatic heterocycles. The zero-order valence-corrected chi connectivity index (χ0v) is 8.22. The summed E-state index contributed by atoms with van der Waals surface area (Å²) in [6, 6.07) is 0.550. The van der Waals surface area contributed by atoms with E-state index in [1.54, 1.807) is 0 Å². The number of guanidine groups is 1. The van der Waals surface area contributed by atoms with Crippen LogP contribution in [0.5, 0.6) is 0 Å². The molecule has 1 aliphatic heterocycles. The highest BCUT2D eigenvalue weighted by Gasteiger charge is 2.25. The van der Waals surface area contributed by atoms with E-state index in [0.29, 0.717) is 6.04 Å². The third-order valence-corrected chi connectivity index (χ3v) is 1.72. The lowest BCUT2D eigenvalue weighted by molar-refractivity contribution is 0.215. The van der Waals surface area contributed by atoms with E-state index in [-0.39, 0.29) is 5.96 Å². The molecule has 0 amide bonds. The summed E-state index contributed by atoms with van der Waals surface area (Å²) in [5.41, 5.74) is 5.24. The van der Waals surface area contributed by atoms with Crippen LogP contribution < -0.4 is 11.1 Å². The second-order valence-corrected chi connectivity index (χ2v) is 2.54. The van der Waals surface area contributed by atoms with E-state index in [0.717, 1.165) is 19.6 Å². The Morgan fingerprint density at radius 3 is 2.42 bits per heavy atom. The van der Waals surface area contributed by atoms with Crippen LogP contribution in [0.1, 0.15) is 20.8 Å². The minimum absolute atomic E-state index is 0.189. The molecule has 1 aliphatic rings. The van der Waals surface area contributed by atoms with Gasteiger partial charge in [-0.1, -0.05) is 20.8 Å². The molecule has 4 N–H and O–H groups in total. The van der Waals surface area contributed by atoms with Crippen molar-refractivity contribution in [1.29, 1.82) is 5.41 Å². The standard InChI is InChI=1S/C6H14N4.C2H6/c1-2-9-5-3-10(4-5)6(7)8;1-2/h5,9H,2-4H2,1H3,(H3,7,8);1-2H3. The van der Waals surface area contributed by atoms with Gasteiger partial charge in [0, 0.05) is 19.1 Å².